The zero-order chi connectivity index (χ0) is 15.9. The number of nitrogens with one attached hydrogen (secondary N) is 2. The lowest BCUT2D eigenvalue weighted by Gasteiger charge is -2.41. The van der Waals surface area contributed by atoms with Gasteiger partial charge in [0.05, 0.1) is 28.6 Å². The standard InChI is InChI=1S/C16H24N4O2S/c21-10-16(5-1-6-16)20-15-13-12(4-9-23(13)22)18-14(19-15)11-2-7-17-8-3-11/h11,17,21H,1-10H2,(H,18,19,20). The largest absolute Gasteiger partial charge is 0.394 e. The van der Waals surface area contributed by atoms with Gasteiger partial charge in [-0.2, -0.15) is 0 Å². The Morgan fingerprint density at radius 2 is 2.09 bits per heavy atom. The van der Waals surface area contributed by atoms with E-state index in [4.69, 9.17) is 9.97 Å². The van der Waals surface area contributed by atoms with Crippen LogP contribution in [0.25, 0.3) is 0 Å². The molecule has 6 nitrogen and oxygen atoms in total. The molecule has 0 amide bonds. The van der Waals surface area contributed by atoms with Crippen LogP contribution in [0.3, 0.4) is 0 Å². The number of hydrogen-bond donors (Lipinski definition) is 3. The molecule has 23 heavy (non-hydrogen) atoms. The fourth-order valence-electron chi connectivity index (χ4n) is 3.74. The minimum absolute atomic E-state index is 0.0983. The summed E-state index contributed by atoms with van der Waals surface area (Å²) in [7, 11) is -1.02. The van der Waals surface area contributed by atoms with Gasteiger partial charge >= 0.3 is 0 Å². The lowest BCUT2D eigenvalue weighted by Crippen LogP contribution is -2.48. The Hall–Kier alpha value is -1.05. The third-order valence-corrected chi connectivity index (χ3v) is 6.87. The number of aromatic nitrogens is 2. The minimum Gasteiger partial charge on any atom is -0.394 e. The van der Waals surface area contributed by atoms with E-state index >= 15 is 0 Å². The normalized spacial score (nSPS) is 26.6. The van der Waals surface area contributed by atoms with Crippen LogP contribution >= 0.6 is 0 Å². The van der Waals surface area contributed by atoms with Crippen LogP contribution in [-0.2, 0) is 17.2 Å². The molecule has 1 saturated carbocycles. The molecule has 3 aliphatic rings. The molecular weight excluding hydrogens is 312 g/mol. The van der Waals surface area contributed by atoms with E-state index in [0.717, 1.165) is 68.0 Å². The SMILES string of the molecule is O=S1CCc2nc(C3CCNCC3)nc(NC3(CO)CCC3)c21. The predicted molar refractivity (Wildman–Crippen MR) is 89.1 cm³/mol. The van der Waals surface area contributed by atoms with Gasteiger partial charge in [-0.15, -0.1) is 0 Å². The van der Waals surface area contributed by atoms with E-state index in [0.29, 0.717) is 17.5 Å². The molecule has 2 fully saturated rings. The Bertz CT molecular complexity index is 621. The fraction of sp³-hybridized carbons (Fsp3) is 0.750. The number of fused-ring (bicyclic) bond motifs is 1. The molecule has 3 heterocycles. The van der Waals surface area contributed by atoms with E-state index in [-0.39, 0.29) is 12.1 Å². The van der Waals surface area contributed by atoms with Crippen LogP contribution in [0.4, 0.5) is 5.82 Å². The van der Waals surface area contributed by atoms with Crippen LogP contribution in [0.1, 0.15) is 49.5 Å². The van der Waals surface area contributed by atoms with Crippen molar-refractivity contribution in [2.24, 2.45) is 0 Å². The first-order valence-electron chi connectivity index (χ1n) is 8.60. The van der Waals surface area contributed by atoms with Crippen LogP contribution < -0.4 is 10.6 Å². The molecule has 1 aromatic heterocycles. The van der Waals surface area contributed by atoms with Gasteiger partial charge in [0.1, 0.15) is 16.5 Å². The molecule has 126 valence electrons. The average molecular weight is 336 g/mol. The van der Waals surface area contributed by atoms with Crippen LogP contribution in [-0.4, -0.2) is 50.3 Å². The quantitative estimate of drug-likeness (QED) is 0.758. The molecule has 0 aromatic carbocycles. The van der Waals surface area contributed by atoms with Gasteiger partial charge in [-0.3, -0.25) is 4.21 Å². The summed E-state index contributed by atoms with van der Waals surface area (Å²) in [6.07, 6.45) is 5.86. The molecule has 1 unspecified atom stereocenters. The van der Waals surface area contributed by atoms with E-state index in [9.17, 15) is 9.32 Å². The van der Waals surface area contributed by atoms with Crippen molar-refractivity contribution in [2.75, 3.05) is 30.8 Å². The van der Waals surface area contributed by atoms with Crippen molar-refractivity contribution in [3.05, 3.63) is 11.5 Å². The maximum absolute atomic E-state index is 12.4. The third-order valence-electron chi connectivity index (χ3n) is 5.41. The Morgan fingerprint density at radius 3 is 2.74 bits per heavy atom. The first kappa shape index (κ1) is 15.5. The number of hydrogen-bond acceptors (Lipinski definition) is 6. The molecule has 1 saturated heterocycles. The van der Waals surface area contributed by atoms with Crippen LogP contribution in [0.5, 0.6) is 0 Å². The average Bonchev–Trinajstić information content (AvgIpc) is 2.93. The van der Waals surface area contributed by atoms with Crippen molar-refractivity contribution in [3.8, 4) is 0 Å². The maximum Gasteiger partial charge on any atom is 0.146 e. The highest BCUT2D eigenvalue weighted by Gasteiger charge is 2.39. The molecule has 7 heteroatoms. The summed E-state index contributed by atoms with van der Waals surface area (Å²) < 4.78 is 12.4. The van der Waals surface area contributed by atoms with Gasteiger partial charge in [0.25, 0.3) is 0 Å². The van der Waals surface area contributed by atoms with Crippen molar-refractivity contribution in [1.82, 2.24) is 15.3 Å². The van der Waals surface area contributed by atoms with Gasteiger partial charge in [0, 0.05) is 18.1 Å². The zero-order valence-electron chi connectivity index (χ0n) is 13.3. The maximum atomic E-state index is 12.4. The molecule has 0 spiro atoms. The number of anilines is 1. The van der Waals surface area contributed by atoms with E-state index in [1.54, 1.807) is 0 Å². The number of piperidine rings is 1. The van der Waals surface area contributed by atoms with Crippen LogP contribution in [0.2, 0.25) is 0 Å². The van der Waals surface area contributed by atoms with Crippen molar-refractivity contribution in [3.63, 3.8) is 0 Å². The zero-order valence-corrected chi connectivity index (χ0v) is 14.1. The molecule has 0 radical (unpaired) electrons. The second-order valence-electron chi connectivity index (χ2n) is 6.95. The summed E-state index contributed by atoms with van der Waals surface area (Å²) in [5.41, 5.74) is 0.669. The first-order valence-corrected chi connectivity index (χ1v) is 9.92. The van der Waals surface area contributed by atoms with Gasteiger partial charge in [0.2, 0.25) is 0 Å². The summed E-state index contributed by atoms with van der Waals surface area (Å²) in [5, 5.41) is 16.6. The highest BCUT2D eigenvalue weighted by molar-refractivity contribution is 7.85. The molecule has 1 atom stereocenters. The highest BCUT2D eigenvalue weighted by atomic mass is 32.2. The Balaban J connectivity index is 1.70. The number of aliphatic hydroxyl groups excluding tert-OH is 1. The van der Waals surface area contributed by atoms with E-state index in [1.807, 2.05) is 0 Å². The summed E-state index contributed by atoms with van der Waals surface area (Å²) in [5.74, 6) is 2.62. The summed E-state index contributed by atoms with van der Waals surface area (Å²) in [6, 6.07) is 0. The predicted octanol–water partition coefficient (Wildman–Crippen LogP) is 0.934. The number of nitrogens with zero attached hydrogens (tertiary/aromatic N) is 2. The highest BCUT2D eigenvalue weighted by Crippen LogP contribution is 2.38. The van der Waals surface area contributed by atoms with Crippen LogP contribution in [0, 0.1) is 0 Å². The van der Waals surface area contributed by atoms with Crippen molar-refractivity contribution in [2.45, 2.75) is 54.9 Å². The summed E-state index contributed by atoms with van der Waals surface area (Å²) >= 11 is 0. The van der Waals surface area contributed by atoms with Crippen molar-refractivity contribution < 1.29 is 9.32 Å². The van der Waals surface area contributed by atoms with E-state index < -0.39 is 10.8 Å². The van der Waals surface area contributed by atoms with Gasteiger partial charge in [0.15, 0.2) is 0 Å². The number of rotatable bonds is 4. The van der Waals surface area contributed by atoms with Crippen molar-refractivity contribution >= 4 is 16.6 Å². The summed E-state index contributed by atoms with van der Waals surface area (Å²) in [6.45, 7) is 2.10. The topological polar surface area (TPSA) is 87.1 Å². The number of aliphatic hydroxyl groups is 1. The Kier molecular flexibility index (Phi) is 4.11. The molecular formula is C16H24N4O2S. The second-order valence-corrected chi connectivity index (χ2v) is 8.45. The Morgan fingerprint density at radius 1 is 1.30 bits per heavy atom. The third kappa shape index (κ3) is 2.79. The lowest BCUT2D eigenvalue weighted by molar-refractivity contribution is 0.143. The monoisotopic (exact) mass is 336 g/mol. The smallest absolute Gasteiger partial charge is 0.146 e. The van der Waals surface area contributed by atoms with Crippen LogP contribution in [0.15, 0.2) is 4.90 Å². The van der Waals surface area contributed by atoms with Gasteiger partial charge in [-0.05, 0) is 45.2 Å². The molecule has 3 N–H and O–H groups in total. The van der Waals surface area contributed by atoms with Crippen molar-refractivity contribution in [1.29, 1.82) is 0 Å². The molecule has 1 aliphatic carbocycles. The summed E-state index contributed by atoms with van der Waals surface area (Å²) in [4.78, 5) is 10.3. The number of aryl methyl sites for hydroxylation is 1. The molecule has 0 bridgehead atoms. The van der Waals surface area contributed by atoms with Gasteiger partial charge in [-0.25, -0.2) is 9.97 Å². The first-order chi connectivity index (χ1) is 11.2. The Labute approximate surface area is 139 Å². The van der Waals surface area contributed by atoms with E-state index in [1.165, 1.54) is 0 Å². The van der Waals surface area contributed by atoms with Gasteiger partial charge < -0.3 is 15.7 Å². The molecule has 1 aromatic rings. The lowest BCUT2D eigenvalue weighted by atomic mass is 9.77. The van der Waals surface area contributed by atoms with E-state index in [2.05, 4.69) is 10.6 Å². The fourth-order valence-corrected chi connectivity index (χ4v) is 5.05. The minimum atomic E-state index is -1.02. The molecule has 2 aliphatic heterocycles. The second kappa shape index (κ2) is 6.11. The molecule has 4 rings (SSSR count). The van der Waals surface area contributed by atoms with Gasteiger partial charge in [-0.1, -0.05) is 0 Å².